The molecule has 1 aromatic carbocycles. The lowest BCUT2D eigenvalue weighted by molar-refractivity contribution is -0.142. The van der Waals surface area contributed by atoms with Gasteiger partial charge < -0.3 is 19.3 Å². The minimum atomic E-state index is -0.842. The molecule has 4 rings (SSSR count). The number of hydrogen-bond donors (Lipinski definition) is 1. The Morgan fingerprint density at radius 1 is 1.11 bits per heavy atom. The van der Waals surface area contributed by atoms with E-state index < -0.39 is 11.9 Å². The van der Waals surface area contributed by atoms with E-state index in [4.69, 9.17) is 4.42 Å². The van der Waals surface area contributed by atoms with Crippen LogP contribution in [0.25, 0.3) is 0 Å². The van der Waals surface area contributed by atoms with E-state index >= 15 is 0 Å². The van der Waals surface area contributed by atoms with E-state index in [1.165, 1.54) is 11.2 Å². The quantitative estimate of drug-likeness (QED) is 0.859. The van der Waals surface area contributed by atoms with Crippen molar-refractivity contribution in [3.63, 3.8) is 0 Å². The molecule has 1 saturated heterocycles. The van der Waals surface area contributed by atoms with Crippen LogP contribution in [0.15, 0.2) is 47.1 Å². The maximum Gasteiger partial charge on any atom is 0.308 e. The first-order valence-electron chi connectivity index (χ1n) is 9.40. The van der Waals surface area contributed by atoms with Crippen molar-refractivity contribution in [2.75, 3.05) is 25.0 Å². The van der Waals surface area contributed by atoms with Crippen LogP contribution in [0.5, 0.6) is 0 Å². The van der Waals surface area contributed by atoms with E-state index in [1.807, 2.05) is 0 Å². The average molecular weight is 382 g/mol. The molecule has 0 unspecified atom stereocenters. The zero-order chi connectivity index (χ0) is 19.8. The van der Waals surface area contributed by atoms with Gasteiger partial charge in [0, 0.05) is 20.1 Å². The summed E-state index contributed by atoms with van der Waals surface area (Å²) in [5.41, 5.74) is 0.848. The predicted molar refractivity (Wildman–Crippen MR) is 101 cm³/mol. The van der Waals surface area contributed by atoms with Gasteiger partial charge in [0.15, 0.2) is 5.76 Å². The fourth-order valence-corrected chi connectivity index (χ4v) is 4.05. The predicted octanol–water partition coefficient (Wildman–Crippen LogP) is 2.74. The number of furan rings is 1. The third-order valence-electron chi connectivity index (χ3n) is 5.73. The summed E-state index contributed by atoms with van der Waals surface area (Å²) in [5.74, 6) is -1.37. The standard InChI is InChI=1S/C21H22N2O5/c1-22(20(25)18-7-4-10-28-18)17-6-3-2-5-14(17)19(24)23-11-15(13-8-9-13)16(12-23)21(26)27/h2-7,10,13,15-16H,8-9,11-12H2,1H3,(H,26,27)/t15-,16+/m1/s1. The van der Waals surface area contributed by atoms with Crippen LogP contribution in [0, 0.1) is 17.8 Å². The highest BCUT2D eigenvalue weighted by Crippen LogP contribution is 2.44. The van der Waals surface area contributed by atoms with Crippen molar-refractivity contribution in [1.29, 1.82) is 0 Å². The molecule has 2 amide bonds. The topological polar surface area (TPSA) is 91.1 Å². The molecule has 1 N–H and O–H groups in total. The largest absolute Gasteiger partial charge is 0.481 e. The van der Waals surface area contributed by atoms with Crippen LogP contribution < -0.4 is 4.90 Å². The van der Waals surface area contributed by atoms with E-state index in [0.717, 1.165) is 12.8 Å². The molecule has 0 bridgehead atoms. The number of carboxylic acid groups (broad SMARTS) is 1. The summed E-state index contributed by atoms with van der Waals surface area (Å²) in [5, 5.41) is 9.55. The summed E-state index contributed by atoms with van der Waals surface area (Å²) in [6, 6.07) is 10.1. The zero-order valence-electron chi connectivity index (χ0n) is 15.6. The number of anilines is 1. The van der Waals surface area contributed by atoms with E-state index in [-0.39, 0.29) is 30.0 Å². The Morgan fingerprint density at radius 2 is 1.86 bits per heavy atom. The molecule has 2 heterocycles. The Morgan fingerprint density at radius 3 is 2.50 bits per heavy atom. The lowest BCUT2D eigenvalue weighted by atomic mass is 9.92. The van der Waals surface area contributed by atoms with Crippen molar-refractivity contribution >= 4 is 23.5 Å². The van der Waals surface area contributed by atoms with Gasteiger partial charge in [-0.05, 0) is 48.9 Å². The van der Waals surface area contributed by atoms with Crippen molar-refractivity contribution in [1.82, 2.24) is 4.90 Å². The molecule has 0 radical (unpaired) electrons. The Labute approximate surface area is 162 Å². The Bertz CT molecular complexity index is 903. The van der Waals surface area contributed by atoms with Crippen molar-refractivity contribution in [2.24, 2.45) is 17.8 Å². The SMILES string of the molecule is CN(C(=O)c1ccco1)c1ccccc1C(=O)N1C[C@H](C(=O)O)[C@@H](C2CC2)C1. The summed E-state index contributed by atoms with van der Waals surface area (Å²) in [6.07, 6.45) is 3.49. The second kappa shape index (κ2) is 7.14. The maximum atomic E-state index is 13.2. The van der Waals surface area contributed by atoms with Gasteiger partial charge in [-0.25, -0.2) is 0 Å². The van der Waals surface area contributed by atoms with E-state index in [2.05, 4.69) is 0 Å². The van der Waals surface area contributed by atoms with Crippen LogP contribution in [0.4, 0.5) is 5.69 Å². The molecular weight excluding hydrogens is 360 g/mol. The highest BCUT2D eigenvalue weighted by atomic mass is 16.4. The monoisotopic (exact) mass is 382 g/mol. The van der Waals surface area contributed by atoms with Crippen molar-refractivity contribution in [3.8, 4) is 0 Å². The molecule has 7 nitrogen and oxygen atoms in total. The Hall–Kier alpha value is -3.09. The summed E-state index contributed by atoms with van der Waals surface area (Å²) in [6.45, 7) is 0.657. The molecule has 1 aliphatic heterocycles. The summed E-state index contributed by atoms with van der Waals surface area (Å²) in [7, 11) is 1.59. The molecule has 1 saturated carbocycles. The van der Waals surface area contributed by atoms with Gasteiger partial charge in [-0.2, -0.15) is 0 Å². The number of rotatable bonds is 5. The minimum absolute atomic E-state index is 0.0103. The molecule has 28 heavy (non-hydrogen) atoms. The number of hydrogen-bond acceptors (Lipinski definition) is 4. The van der Waals surface area contributed by atoms with E-state index in [9.17, 15) is 19.5 Å². The highest BCUT2D eigenvalue weighted by molar-refractivity contribution is 6.09. The summed E-state index contributed by atoms with van der Waals surface area (Å²) in [4.78, 5) is 40.5. The molecule has 2 fully saturated rings. The number of likely N-dealkylation sites (tertiary alicyclic amines) is 1. The van der Waals surface area contributed by atoms with Gasteiger partial charge in [0.25, 0.3) is 11.8 Å². The first kappa shape index (κ1) is 18.3. The summed E-state index contributed by atoms with van der Waals surface area (Å²) < 4.78 is 5.17. The minimum Gasteiger partial charge on any atom is -0.481 e. The lowest BCUT2D eigenvalue weighted by Gasteiger charge is -2.22. The maximum absolute atomic E-state index is 13.2. The second-order valence-electron chi connectivity index (χ2n) is 7.51. The third kappa shape index (κ3) is 3.28. The number of amides is 2. The fraction of sp³-hybridized carbons (Fsp3) is 0.381. The number of nitrogens with zero attached hydrogens (tertiary/aromatic N) is 2. The van der Waals surface area contributed by atoms with Crippen molar-refractivity contribution in [2.45, 2.75) is 12.8 Å². The molecule has 2 aromatic rings. The van der Waals surface area contributed by atoms with Gasteiger partial charge in [0.1, 0.15) is 0 Å². The number of carbonyl (C=O) groups excluding carboxylic acids is 2. The molecular formula is C21H22N2O5. The van der Waals surface area contributed by atoms with Gasteiger partial charge in [0.2, 0.25) is 0 Å². The van der Waals surface area contributed by atoms with Crippen molar-refractivity contribution in [3.05, 3.63) is 54.0 Å². The number of carboxylic acids is 1. The van der Waals surface area contributed by atoms with Crippen LogP contribution >= 0.6 is 0 Å². The van der Waals surface area contributed by atoms with Gasteiger partial charge >= 0.3 is 5.97 Å². The Balaban J connectivity index is 1.59. The molecule has 2 aliphatic rings. The van der Waals surface area contributed by atoms with Crippen LogP contribution in [-0.2, 0) is 4.79 Å². The van der Waals surface area contributed by atoms with E-state index in [0.29, 0.717) is 23.7 Å². The number of para-hydroxylation sites is 1. The van der Waals surface area contributed by atoms with Gasteiger partial charge in [-0.15, -0.1) is 0 Å². The first-order valence-corrected chi connectivity index (χ1v) is 9.40. The normalized spacial score (nSPS) is 21.5. The van der Waals surface area contributed by atoms with E-state index in [1.54, 1.807) is 48.3 Å². The first-order chi connectivity index (χ1) is 13.5. The molecule has 0 spiro atoms. The smallest absolute Gasteiger partial charge is 0.308 e. The second-order valence-corrected chi connectivity index (χ2v) is 7.51. The van der Waals surface area contributed by atoms with Crippen LogP contribution in [0.1, 0.15) is 33.8 Å². The fourth-order valence-electron chi connectivity index (χ4n) is 4.05. The van der Waals surface area contributed by atoms with Crippen molar-refractivity contribution < 1.29 is 23.9 Å². The van der Waals surface area contributed by atoms with Gasteiger partial charge in [-0.1, -0.05) is 12.1 Å². The highest BCUT2D eigenvalue weighted by Gasteiger charge is 2.47. The third-order valence-corrected chi connectivity index (χ3v) is 5.73. The van der Waals surface area contributed by atoms with Crippen LogP contribution in [-0.4, -0.2) is 47.9 Å². The zero-order valence-corrected chi connectivity index (χ0v) is 15.6. The number of aliphatic carboxylic acids is 1. The number of benzene rings is 1. The van der Waals surface area contributed by atoms with Crippen LogP contribution in [0.3, 0.4) is 0 Å². The molecule has 146 valence electrons. The Kier molecular flexibility index (Phi) is 4.66. The van der Waals surface area contributed by atoms with Gasteiger partial charge in [0.05, 0.1) is 23.4 Å². The van der Waals surface area contributed by atoms with Crippen LogP contribution in [0.2, 0.25) is 0 Å². The lowest BCUT2D eigenvalue weighted by Crippen LogP contribution is -2.33. The summed E-state index contributed by atoms with van der Waals surface area (Å²) >= 11 is 0. The van der Waals surface area contributed by atoms with Gasteiger partial charge in [-0.3, -0.25) is 14.4 Å². The molecule has 2 atom stereocenters. The molecule has 1 aliphatic carbocycles. The molecule has 7 heteroatoms. The average Bonchev–Trinajstić information content (AvgIpc) is 3.21. The number of carbonyl (C=O) groups is 3. The molecule has 1 aromatic heterocycles.